The number of aromatic hydroxyl groups is 1. The maximum atomic E-state index is 11.8. The zero-order valence-electron chi connectivity index (χ0n) is 19.7. The number of esters is 1. The zero-order valence-corrected chi connectivity index (χ0v) is 19.7. The highest BCUT2D eigenvalue weighted by Crippen LogP contribution is 2.38. The third-order valence-corrected chi connectivity index (χ3v) is 5.98. The van der Waals surface area contributed by atoms with E-state index in [9.17, 15) is 9.90 Å². The van der Waals surface area contributed by atoms with Crippen LogP contribution in [0.2, 0.25) is 0 Å². The van der Waals surface area contributed by atoms with Gasteiger partial charge in [-0.2, -0.15) is 0 Å². The Hall–Kier alpha value is -3.77. The Bertz CT molecular complexity index is 1170. The van der Waals surface area contributed by atoms with E-state index in [0.717, 1.165) is 28.8 Å². The lowest BCUT2D eigenvalue weighted by Crippen LogP contribution is -2.39. The minimum Gasteiger partial charge on any atom is -0.504 e. The van der Waals surface area contributed by atoms with E-state index in [-0.39, 0.29) is 23.9 Å². The third kappa shape index (κ3) is 4.92. The lowest BCUT2D eigenvalue weighted by Gasteiger charge is -2.33. The van der Waals surface area contributed by atoms with E-state index in [0.29, 0.717) is 17.9 Å². The summed E-state index contributed by atoms with van der Waals surface area (Å²) >= 11 is 0. The van der Waals surface area contributed by atoms with Crippen LogP contribution >= 0.6 is 0 Å². The molecule has 2 atom stereocenters. The van der Waals surface area contributed by atoms with Crippen molar-refractivity contribution in [2.24, 2.45) is 0 Å². The predicted octanol–water partition coefficient (Wildman–Crippen LogP) is 5.11. The van der Waals surface area contributed by atoms with Crippen molar-refractivity contribution < 1.29 is 19.4 Å². The largest absolute Gasteiger partial charge is 0.504 e. The van der Waals surface area contributed by atoms with Crippen LogP contribution < -0.4 is 15.4 Å². The first kappa shape index (κ1) is 23.4. The average Bonchev–Trinajstić information content (AvgIpc) is 2.89. The van der Waals surface area contributed by atoms with E-state index in [1.807, 2.05) is 31.2 Å². The number of carbonyl (C=O) groups excluding carboxylic acids is 1. The van der Waals surface area contributed by atoms with Gasteiger partial charge in [0.1, 0.15) is 6.17 Å². The van der Waals surface area contributed by atoms with Crippen molar-refractivity contribution in [1.82, 2.24) is 10.6 Å². The maximum absolute atomic E-state index is 11.8. The quantitative estimate of drug-likeness (QED) is 0.427. The molecule has 6 nitrogen and oxygen atoms in total. The Kier molecular flexibility index (Phi) is 7.18. The molecule has 0 saturated carbocycles. The molecule has 1 aliphatic rings. The van der Waals surface area contributed by atoms with Crippen LogP contribution in [0.3, 0.4) is 0 Å². The molecule has 176 valence electrons. The lowest BCUT2D eigenvalue weighted by molar-refractivity contribution is 0.0600. The van der Waals surface area contributed by atoms with E-state index < -0.39 is 0 Å². The van der Waals surface area contributed by atoms with Crippen molar-refractivity contribution in [2.45, 2.75) is 32.5 Å². The van der Waals surface area contributed by atoms with Gasteiger partial charge >= 0.3 is 5.97 Å². The van der Waals surface area contributed by atoms with E-state index in [4.69, 9.17) is 9.47 Å². The summed E-state index contributed by atoms with van der Waals surface area (Å²) in [6.07, 6.45) is 2.80. The lowest BCUT2D eigenvalue weighted by atomic mass is 9.97. The Labute approximate surface area is 200 Å². The van der Waals surface area contributed by atoms with Gasteiger partial charge in [-0.15, -0.1) is 0 Å². The van der Waals surface area contributed by atoms with Crippen LogP contribution in [-0.2, 0) is 11.2 Å². The second-order valence-electron chi connectivity index (χ2n) is 8.09. The molecule has 34 heavy (non-hydrogen) atoms. The fourth-order valence-corrected chi connectivity index (χ4v) is 4.09. The molecular weight excluding hydrogens is 428 g/mol. The number of aryl methyl sites for hydroxylation is 1. The molecule has 6 heteroatoms. The Balaban J connectivity index is 1.72. The van der Waals surface area contributed by atoms with Crippen molar-refractivity contribution in [1.29, 1.82) is 0 Å². The van der Waals surface area contributed by atoms with Crippen LogP contribution in [0.5, 0.6) is 11.5 Å². The first-order chi connectivity index (χ1) is 16.5. The van der Waals surface area contributed by atoms with Crippen LogP contribution in [-0.4, -0.2) is 24.8 Å². The summed E-state index contributed by atoms with van der Waals surface area (Å²) in [4.78, 5) is 11.8. The molecule has 1 aliphatic heterocycles. The second-order valence-corrected chi connectivity index (χ2v) is 8.09. The summed E-state index contributed by atoms with van der Waals surface area (Å²) < 4.78 is 10.4. The SMILES string of the molecule is CCOc1cccc(C2C=C(c3ccc(CC)cc3)NC(c3ccc(C(=O)OC)cc3)N2)c1O. The number of para-hydroxylation sites is 1. The first-order valence-corrected chi connectivity index (χ1v) is 11.5. The molecule has 0 bridgehead atoms. The number of rotatable bonds is 7. The van der Waals surface area contributed by atoms with Crippen molar-refractivity contribution in [3.8, 4) is 11.5 Å². The molecule has 3 N–H and O–H groups in total. The molecule has 2 unspecified atom stereocenters. The van der Waals surface area contributed by atoms with Crippen LogP contribution in [0.1, 0.15) is 58.7 Å². The molecule has 0 aliphatic carbocycles. The van der Waals surface area contributed by atoms with Gasteiger partial charge in [0.25, 0.3) is 0 Å². The summed E-state index contributed by atoms with van der Waals surface area (Å²) in [6, 6.07) is 21.0. The number of methoxy groups -OCH3 is 1. The summed E-state index contributed by atoms with van der Waals surface area (Å²) in [5.41, 5.74) is 5.45. The number of nitrogens with one attached hydrogen (secondary N) is 2. The monoisotopic (exact) mass is 458 g/mol. The molecule has 0 fully saturated rings. The number of benzene rings is 3. The number of carbonyl (C=O) groups is 1. The molecular formula is C28H30N2O4. The van der Waals surface area contributed by atoms with Gasteiger partial charge in [-0.1, -0.05) is 55.5 Å². The summed E-state index contributed by atoms with van der Waals surface area (Å²) in [5, 5.41) is 18.0. The van der Waals surface area contributed by atoms with Gasteiger partial charge in [-0.05, 0) is 54.3 Å². The smallest absolute Gasteiger partial charge is 0.337 e. The molecule has 1 heterocycles. The normalized spacial score (nSPS) is 17.4. The highest BCUT2D eigenvalue weighted by atomic mass is 16.5. The maximum Gasteiger partial charge on any atom is 0.337 e. The Morgan fingerprint density at radius 3 is 2.38 bits per heavy atom. The molecule has 0 saturated heterocycles. The van der Waals surface area contributed by atoms with E-state index >= 15 is 0 Å². The number of phenols is 1. The highest BCUT2D eigenvalue weighted by molar-refractivity contribution is 5.89. The van der Waals surface area contributed by atoms with Crippen LogP contribution in [0, 0.1) is 0 Å². The summed E-state index contributed by atoms with van der Waals surface area (Å²) in [5.74, 6) is 0.213. The highest BCUT2D eigenvalue weighted by Gasteiger charge is 2.27. The Morgan fingerprint density at radius 2 is 1.74 bits per heavy atom. The second kappa shape index (κ2) is 10.4. The number of ether oxygens (including phenoxy) is 2. The minimum atomic E-state index is -0.372. The van der Waals surface area contributed by atoms with E-state index in [1.54, 1.807) is 18.2 Å². The third-order valence-electron chi connectivity index (χ3n) is 5.98. The fourth-order valence-electron chi connectivity index (χ4n) is 4.09. The van der Waals surface area contributed by atoms with E-state index in [2.05, 4.69) is 47.9 Å². The summed E-state index contributed by atoms with van der Waals surface area (Å²) in [7, 11) is 1.37. The van der Waals surface area contributed by atoms with Gasteiger partial charge in [-0.25, -0.2) is 4.79 Å². The van der Waals surface area contributed by atoms with Gasteiger partial charge in [0.15, 0.2) is 11.5 Å². The molecule has 3 aromatic rings. The number of hydrogen-bond donors (Lipinski definition) is 3. The molecule has 4 rings (SSSR count). The summed E-state index contributed by atoms with van der Waals surface area (Å²) in [6.45, 7) is 4.49. The topological polar surface area (TPSA) is 79.8 Å². The van der Waals surface area contributed by atoms with Crippen molar-refractivity contribution in [3.63, 3.8) is 0 Å². The van der Waals surface area contributed by atoms with Crippen LogP contribution in [0.25, 0.3) is 5.70 Å². The van der Waals surface area contributed by atoms with Crippen molar-refractivity contribution in [2.75, 3.05) is 13.7 Å². The van der Waals surface area contributed by atoms with Gasteiger partial charge in [-0.3, -0.25) is 5.32 Å². The molecule has 0 amide bonds. The minimum absolute atomic E-state index is 0.125. The van der Waals surface area contributed by atoms with Crippen molar-refractivity contribution >= 4 is 11.7 Å². The van der Waals surface area contributed by atoms with Crippen LogP contribution in [0.4, 0.5) is 0 Å². The predicted molar refractivity (Wildman–Crippen MR) is 133 cm³/mol. The van der Waals surface area contributed by atoms with Gasteiger partial charge in [0.2, 0.25) is 0 Å². The van der Waals surface area contributed by atoms with Gasteiger partial charge in [0, 0.05) is 11.3 Å². The first-order valence-electron chi connectivity index (χ1n) is 11.5. The zero-order chi connectivity index (χ0) is 24.1. The fraction of sp³-hybridized carbons (Fsp3) is 0.250. The average molecular weight is 459 g/mol. The molecule has 0 aromatic heterocycles. The van der Waals surface area contributed by atoms with Gasteiger partial charge in [0.05, 0.1) is 25.3 Å². The van der Waals surface area contributed by atoms with Crippen molar-refractivity contribution in [3.05, 3.63) is 101 Å². The standard InChI is InChI=1S/C28H30N2O4/c1-4-18-9-11-19(12-10-18)23-17-24(22-7-6-8-25(26(22)31)34-5-2)30-27(29-23)20-13-15-21(16-14-20)28(32)33-3/h6-17,24,27,29-31H,4-5H2,1-3H3. The molecule has 0 spiro atoms. The molecule has 0 radical (unpaired) electrons. The van der Waals surface area contributed by atoms with E-state index in [1.165, 1.54) is 12.7 Å². The van der Waals surface area contributed by atoms with Gasteiger partial charge < -0.3 is 19.9 Å². The molecule has 3 aromatic carbocycles. The number of hydrogen-bond acceptors (Lipinski definition) is 6. The Morgan fingerprint density at radius 1 is 1.00 bits per heavy atom. The number of phenolic OH excluding ortho intramolecular Hbond substituents is 1. The van der Waals surface area contributed by atoms with Crippen LogP contribution in [0.15, 0.2) is 72.8 Å².